The fourth-order valence-electron chi connectivity index (χ4n) is 4.29. The third kappa shape index (κ3) is 3.45. The molecular formula is C19H26N4O4. The van der Waals surface area contributed by atoms with Crippen molar-refractivity contribution in [1.29, 1.82) is 0 Å². The number of nitrogens with zero attached hydrogens (tertiary/aromatic N) is 3. The van der Waals surface area contributed by atoms with E-state index in [4.69, 9.17) is 4.74 Å². The van der Waals surface area contributed by atoms with E-state index in [2.05, 4.69) is 10.3 Å². The molecule has 2 aliphatic heterocycles. The summed E-state index contributed by atoms with van der Waals surface area (Å²) in [6, 6.07) is 1.88. The van der Waals surface area contributed by atoms with Gasteiger partial charge in [-0.3, -0.25) is 4.79 Å². The summed E-state index contributed by atoms with van der Waals surface area (Å²) in [4.78, 5) is 33.2. The van der Waals surface area contributed by atoms with Crippen LogP contribution in [-0.4, -0.2) is 64.2 Å². The Kier molecular flexibility index (Phi) is 4.90. The van der Waals surface area contributed by atoms with E-state index < -0.39 is 6.10 Å². The van der Waals surface area contributed by atoms with E-state index in [-0.39, 0.29) is 18.5 Å². The van der Waals surface area contributed by atoms with Crippen LogP contribution in [0.4, 0.5) is 4.79 Å². The number of ether oxygens (including phenoxy) is 1. The highest BCUT2D eigenvalue weighted by Crippen LogP contribution is 2.33. The Morgan fingerprint density at radius 2 is 2.15 bits per heavy atom. The van der Waals surface area contributed by atoms with Crippen molar-refractivity contribution in [2.45, 2.75) is 57.3 Å². The summed E-state index contributed by atoms with van der Waals surface area (Å²) in [6.45, 7) is 1.65. The molecule has 146 valence electrons. The molecule has 4 rings (SSSR count). The number of carbonyl (C=O) groups excluding carboxylic acids is 2. The molecule has 1 aromatic heterocycles. The second-order valence-electron chi connectivity index (χ2n) is 7.57. The zero-order valence-electron chi connectivity index (χ0n) is 15.6. The number of pyridine rings is 1. The van der Waals surface area contributed by atoms with E-state index in [0.29, 0.717) is 49.1 Å². The van der Waals surface area contributed by atoms with Crippen LogP contribution in [0, 0.1) is 0 Å². The fourth-order valence-corrected chi connectivity index (χ4v) is 4.29. The number of nitrogens with one attached hydrogen (secondary N) is 1. The SMILES string of the molecule is COc1nc2c(cc1CNC(=O)N1CCC(O)C1)C(=O)N(C1CCCC1)C2. The highest BCUT2D eigenvalue weighted by molar-refractivity contribution is 5.98. The fraction of sp³-hybridized carbons (Fsp3) is 0.632. The summed E-state index contributed by atoms with van der Waals surface area (Å²) >= 11 is 0. The maximum absolute atomic E-state index is 12.8. The first-order chi connectivity index (χ1) is 13.1. The third-order valence-electron chi connectivity index (χ3n) is 5.79. The lowest BCUT2D eigenvalue weighted by atomic mass is 10.1. The number of likely N-dealkylation sites (tertiary alicyclic amines) is 1. The second-order valence-corrected chi connectivity index (χ2v) is 7.57. The number of urea groups is 1. The molecule has 2 N–H and O–H groups in total. The zero-order valence-corrected chi connectivity index (χ0v) is 15.6. The van der Waals surface area contributed by atoms with E-state index >= 15 is 0 Å². The third-order valence-corrected chi connectivity index (χ3v) is 5.79. The number of rotatable bonds is 4. The number of aliphatic hydroxyl groups excluding tert-OH is 1. The predicted molar refractivity (Wildman–Crippen MR) is 97.4 cm³/mol. The summed E-state index contributed by atoms with van der Waals surface area (Å²) in [5, 5.41) is 12.4. The van der Waals surface area contributed by atoms with Crippen molar-refractivity contribution in [2.75, 3.05) is 20.2 Å². The summed E-state index contributed by atoms with van der Waals surface area (Å²) in [6.07, 6.45) is 4.60. The van der Waals surface area contributed by atoms with Gasteiger partial charge in [-0.15, -0.1) is 0 Å². The van der Waals surface area contributed by atoms with Gasteiger partial charge >= 0.3 is 6.03 Å². The highest BCUT2D eigenvalue weighted by atomic mass is 16.5. The van der Waals surface area contributed by atoms with Gasteiger partial charge in [0.05, 0.1) is 31.0 Å². The molecule has 1 unspecified atom stereocenters. The Morgan fingerprint density at radius 3 is 2.81 bits per heavy atom. The number of aromatic nitrogens is 1. The number of carbonyl (C=O) groups is 2. The van der Waals surface area contributed by atoms with Gasteiger partial charge in [-0.25, -0.2) is 9.78 Å². The molecule has 27 heavy (non-hydrogen) atoms. The number of β-amino-alcohol motifs (C(OH)–C–C–N with tert-alkyl or cyclic N) is 1. The number of hydrogen-bond acceptors (Lipinski definition) is 5. The van der Waals surface area contributed by atoms with Gasteiger partial charge in [0, 0.05) is 31.2 Å². The number of hydrogen-bond donors (Lipinski definition) is 2. The molecule has 0 bridgehead atoms. The van der Waals surface area contributed by atoms with Crippen molar-refractivity contribution >= 4 is 11.9 Å². The highest BCUT2D eigenvalue weighted by Gasteiger charge is 2.36. The Morgan fingerprint density at radius 1 is 1.37 bits per heavy atom. The Labute approximate surface area is 158 Å². The standard InChI is InChI=1S/C19H26N4O4/c1-27-17-12(9-20-19(26)22-7-6-14(24)10-22)8-15-16(21-17)11-23(18(15)25)13-4-2-3-5-13/h8,13-14,24H,2-7,9-11H2,1H3,(H,20,26). The molecule has 0 radical (unpaired) electrons. The average Bonchev–Trinajstić information content (AvgIpc) is 3.40. The van der Waals surface area contributed by atoms with Crippen LogP contribution in [0.25, 0.3) is 0 Å². The first-order valence-electron chi connectivity index (χ1n) is 9.65. The van der Waals surface area contributed by atoms with Crippen LogP contribution in [0.5, 0.6) is 5.88 Å². The zero-order chi connectivity index (χ0) is 19.0. The van der Waals surface area contributed by atoms with Crippen molar-refractivity contribution in [2.24, 2.45) is 0 Å². The summed E-state index contributed by atoms with van der Waals surface area (Å²) in [5.41, 5.74) is 2.05. The molecule has 8 heteroatoms. The van der Waals surface area contributed by atoms with Gasteiger partial charge in [0.15, 0.2) is 0 Å². The summed E-state index contributed by atoms with van der Waals surface area (Å²) in [7, 11) is 1.54. The van der Waals surface area contributed by atoms with Crippen LogP contribution in [0.1, 0.15) is 53.7 Å². The van der Waals surface area contributed by atoms with Gasteiger partial charge < -0.3 is 25.0 Å². The average molecular weight is 374 g/mol. The number of aliphatic hydroxyl groups is 1. The molecule has 1 aliphatic carbocycles. The van der Waals surface area contributed by atoms with Crippen LogP contribution < -0.4 is 10.1 Å². The molecular weight excluding hydrogens is 348 g/mol. The number of amides is 3. The molecule has 0 aromatic carbocycles. The molecule has 8 nitrogen and oxygen atoms in total. The minimum Gasteiger partial charge on any atom is -0.481 e. The maximum Gasteiger partial charge on any atom is 0.317 e. The van der Waals surface area contributed by atoms with Crippen LogP contribution in [0.15, 0.2) is 6.07 Å². The maximum atomic E-state index is 12.8. The Balaban J connectivity index is 1.48. The largest absolute Gasteiger partial charge is 0.481 e. The van der Waals surface area contributed by atoms with Crippen molar-refractivity contribution in [1.82, 2.24) is 20.1 Å². The van der Waals surface area contributed by atoms with E-state index in [1.165, 1.54) is 12.8 Å². The van der Waals surface area contributed by atoms with E-state index in [1.807, 2.05) is 4.90 Å². The van der Waals surface area contributed by atoms with E-state index in [1.54, 1.807) is 18.1 Å². The first kappa shape index (κ1) is 18.0. The molecule has 0 spiro atoms. The van der Waals surface area contributed by atoms with Crippen LogP contribution in [0.2, 0.25) is 0 Å². The Bertz CT molecular complexity index is 747. The number of fused-ring (bicyclic) bond motifs is 1. The molecule has 3 amide bonds. The van der Waals surface area contributed by atoms with E-state index in [0.717, 1.165) is 18.5 Å². The monoisotopic (exact) mass is 374 g/mol. The molecule has 2 fully saturated rings. The van der Waals surface area contributed by atoms with Crippen LogP contribution in [0.3, 0.4) is 0 Å². The van der Waals surface area contributed by atoms with Gasteiger partial charge in [-0.05, 0) is 25.3 Å². The molecule has 3 aliphatic rings. The summed E-state index contributed by atoms with van der Waals surface area (Å²) < 4.78 is 5.40. The smallest absolute Gasteiger partial charge is 0.317 e. The lowest BCUT2D eigenvalue weighted by Crippen LogP contribution is -2.38. The lowest BCUT2D eigenvalue weighted by molar-refractivity contribution is 0.0706. The van der Waals surface area contributed by atoms with Gasteiger partial charge in [-0.1, -0.05) is 12.8 Å². The quantitative estimate of drug-likeness (QED) is 0.827. The Hall–Kier alpha value is -2.35. The van der Waals surface area contributed by atoms with Crippen molar-refractivity contribution < 1.29 is 19.4 Å². The second kappa shape index (κ2) is 7.34. The van der Waals surface area contributed by atoms with Gasteiger partial charge in [0.1, 0.15) is 0 Å². The minimum absolute atomic E-state index is 0.0299. The molecule has 3 heterocycles. The molecule has 1 saturated heterocycles. The van der Waals surface area contributed by atoms with Crippen LogP contribution >= 0.6 is 0 Å². The first-order valence-corrected chi connectivity index (χ1v) is 9.65. The molecule has 1 atom stereocenters. The predicted octanol–water partition coefficient (Wildman–Crippen LogP) is 1.26. The van der Waals surface area contributed by atoms with Gasteiger partial charge in [-0.2, -0.15) is 0 Å². The lowest BCUT2D eigenvalue weighted by Gasteiger charge is -2.22. The number of methoxy groups -OCH3 is 1. The molecule has 1 saturated carbocycles. The van der Waals surface area contributed by atoms with Gasteiger partial charge in [0.2, 0.25) is 5.88 Å². The summed E-state index contributed by atoms with van der Waals surface area (Å²) in [5.74, 6) is 0.471. The normalized spacial score (nSPS) is 22.4. The molecule has 1 aromatic rings. The van der Waals surface area contributed by atoms with Crippen molar-refractivity contribution in [3.63, 3.8) is 0 Å². The van der Waals surface area contributed by atoms with Crippen molar-refractivity contribution in [3.05, 3.63) is 22.9 Å². The van der Waals surface area contributed by atoms with E-state index in [9.17, 15) is 14.7 Å². The minimum atomic E-state index is -0.453. The van der Waals surface area contributed by atoms with Crippen LogP contribution in [-0.2, 0) is 13.1 Å². The topological polar surface area (TPSA) is 95.0 Å². The van der Waals surface area contributed by atoms with Crippen molar-refractivity contribution in [3.8, 4) is 5.88 Å². The van der Waals surface area contributed by atoms with Gasteiger partial charge in [0.25, 0.3) is 5.91 Å².